The maximum Gasteiger partial charge on any atom is 0.337 e. The number of esters is 2. The van der Waals surface area contributed by atoms with Gasteiger partial charge in [0.05, 0.1) is 24.8 Å². The number of fused-ring (bicyclic) bond motifs is 1. The number of benzene rings is 3. The van der Waals surface area contributed by atoms with Gasteiger partial charge < -0.3 is 20.1 Å². The van der Waals surface area contributed by atoms with E-state index in [2.05, 4.69) is 16.0 Å². The van der Waals surface area contributed by atoms with Crippen molar-refractivity contribution in [1.82, 2.24) is 5.32 Å². The van der Waals surface area contributed by atoms with Gasteiger partial charge in [-0.15, -0.1) is 11.3 Å². The van der Waals surface area contributed by atoms with Crippen molar-refractivity contribution in [3.05, 3.63) is 117 Å². The van der Waals surface area contributed by atoms with E-state index in [4.69, 9.17) is 9.47 Å². The molecule has 6 rings (SSSR count). The fourth-order valence-corrected chi connectivity index (χ4v) is 7.45. The van der Waals surface area contributed by atoms with Gasteiger partial charge in [0, 0.05) is 22.7 Å². The lowest BCUT2D eigenvalue weighted by Crippen LogP contribution is -2.40. The normalized spacial score (nSPS) is 14.3. The summed E-state index contributed by atoms with van der Waals surface area (Å²) >= 11 is 1.49. The highest BCUT2D eigenvalue weighted by Crippen LogP contribution is 2.39. The Bertz CT molecular complexity index is 1840. The number of thiophene rings is 1. The van der Waals surface area contributed by atoms with E-state index in [1.165, 1.54) is 18.4 Å². The minimum absolute atomic E-state index is 0.229. The van der Waals surface area contributed by atoms with Gasteiger partial charge in [0.1, 0.15) is 10.5 Å². The third-order valence-electron chi connectivity index (χ3n) is 9.15. The van der Waals surface area contributed by atoms with Gasteiger partial charge in [-0.2, -0.15) is 0 Å². The summed E-state index contributed by atoms with van der Waals surface area (Å²) in [6.07, 6.45) is 6.84. The molecule has 9 nitrogen and oxygen atoms in total. The third-order valence-corrected chi connectivity index (χ3v) is 10.4. The van der Waals surface area contributed by atoms with Gasteiger partial charge >= 0.3 is 11.9 Å². The largest absolute Gasteiger partial charge is 0.465 e. The number of amides is 2. The topological polar surface area (TPSA) is 123 Å². The van der Waals surface area contributed by atoms with Crippen molar-refractivity contribution in [2.75, 3.05) is 24.4 Å². The van der Waals surface area contributed by atoms with E-state index in [-0.39, 0.29) is 23.8 Å². The average molecular weight is 680 g/mol. The summed E-state index contributed by atoms with van der Waals surface area (Å²) in [5, 5.41) is 9.99. The van der Waals surface area contributed by atoms with E-state index in [1.54, 1.807) is 25.1 Å². The number of nitrogens with one attached hydrogen (secondary N) is 3. The fraction of sp³-hybridized carbons (Fsp3) is 0.333. The number of hydrogen-bond acceptors (Lipinski definition) is 8. The van der Waals surface area contributed by atoms with Crippen LogP contribution in [-0.2, 0) is 46.5 Å². The number of hydrogen-bond donors (Lipinski definition) is 3. The Morgan fingerprint density at radius 2 is 1.49 bits per heavy atom. The molecule has 0 saturated heterocycles. The van der Waals surface area contributed by atoms with Crippen molar-refractivity contribution >= 4 is 45.8 Å². The van der Waals surface area contributed by atoms with Gasteiger partial charge in [0.2, 0.25) is 0 Å². The summed E-state index contributed by atoms with van der Waals surface area (Å²) in [7, 11) is 1.37. The maximum atomic E-state index is 13.8. The Balaban J connectivity index is 1.10. The second-order valence-corrected chi connectivity index (χ2v) is 13.7. The summed E-state index contributed by atoms with van der Waals surface area (Å²) in [5.74, 6) is -1.10. The molecule has 4 aromatic rings. The molecule has 0 radical (unpaired) electrons. The number of methoxy groups -OCH3 is 1. The van der Waals surface area contributed by atoms with Crippen LogP contribution in [0.4, 0.5) is 10.7 Å². The van der Waals surface area contributed by atoms with Gasteiger partial charge in [0.25, 0.3) is 11.8 Å². The minimum Gasteiger partial charge on any atom is -0.465 e. The second kappa shape index (κ2) is 15.2. The average Bonchev–Trinajstić information content (AvgIpc) is 3.84. The summed E-state index contributed by atoms with van der Waals surface area (Å²) in [6, 6.07) is 22.5. The van der Waals surface area contributed by atoms with Gasteiger partial charge in [-0.3, -0.25) is 19.7 Å². The highest BCUT2D eigenvalue weighted by Gasteiger charge is 2.50. The van der Waals surface area contributed by atoms with Crippen LogP contribution in [0.15, 0.2) is 72.8 Å². The SMILES string of the molecule is CCOC(=O)C1(NCc2cccc(C(=O)Nc3sc4c(c3C(=O)Nc3ccc(CCc5ccc(C(=O)OC)cc5)cc3)CCCC4)c2)CC1. The number of ether oxygens (including phenoxy) is 2. The summed E-state index contributed by atoms with van der Waals surface area (Å²) in [5.41, 5.74) is 5.74. The predicted molar refractivity (Wildman–Crippen MR) is 190 cm³/mol. The molecule has 1 saturated carbocycles. The molecule has 2 aliphatic carbocycles. The first-order valence-electron chi connectivity index (χ1n) is 16.8. The lowest BCUT2D eigenvalue weighted by Gasteiger charge is -2.16. The van der Waals surface area contributed by atoms with Gasteiger partial charge in [-0.1, -0.05) is 36.4 Å². The summed E-state index contributed by atoms with van der Waals surface area (Å²) in [4.78, 5) is 52.5. The van der Waals surface area contributed by atoms with Crippen molar-refractivity contribution in [2.45, 2.75) is 70.4 Å². The molecular formula is C39H41N3O6S. The first kappa shape index (κ1) is 34.1. The Morgan fingerprint density at radius 1 is 0.796 bits per heavy atom. The van der Waals surface area contributed by atoms with Crippen LogP contribution in [0.5, 0.6) is 0 Å². The third kappa shape index (κ3) is 8.09. The molecule has 0 bridgehead atoms. The molecule has 0 spiro atoms. The van der Waals surface area contributed by atoms with E-state index in [9.17, 15) is 19.2 Å². The molecule has 1 aromatic heterocycles. The fourth-order valence-electron chi connectivity index (χ4n) is 6.17. The molecular weight excluding hydrogens is 639 g/mol. The number of aryl methyl sites for hydroxylation is 3. The number of anilines is 2. The van der Waals surface area contributed by atoms with Crippen molar-refractivity contribution in [3.63, 3.8) is 0 Å². The van der Waals surface area contributed by atoms with Crippen LogP contribution < -0.4 is 16.0 Å². The Kier molecular flexibility index (Phi) is 10.6. The van der Waals surface area contributed by atoms with Crippen LogP contribution >= 0.6 is 11.3 Å². The first-order valence-corrected chi connectivity index (χ1v) is 17.6. The summed E-state index contributed by atoms with van der Waals surface area (Å²) < 4.78 is 9.99. The van der Waals surface area contributed by atoms with Crippen LogP contribution in [0.3, 0.4) is 0 Å². The van der Waals surface area contributed by atoms with Crippen molar-refractivity contribution in [1.29, 1.82) is 0 Å². The molecule has 254 valence electrons. The molecule has 1 fully saturated rings. The second-order valence-electron chi connectivity index (χ2n) is 12.6. The molecule has 2 amide bonds. The highest BCUT2D eigenvalue weighted by molar-refractivity contribution is 7.17. The molecule has 0 unspecified atom stereocenters. The molecule has 10 heteroatoms. The van der Waals surface area contributed by atoms with Gasteiger partial charge in [0.15, 0.2) is 0 Å². The zero-order valence-corrected chi connectivity index (χ0v) is 28.7. The molecule has 0 aliphatic heterocycles. The number of carbonyl (C=O) groups is 4. The van der Waals surface area contributed by atoms with Gasteiger partial charge in [-0.05, 0) is 117 Å². The lowest BCUT2D eigenvalue weighted by molar-refractivity contribution is -0.147. The maximum absolute atomic E-state index is 13.8. The van der Waals surface area contributed by atoms with E-state index in [1.807, 2.05) is 54.6 Å². The molecule has 3 N–H and O–H groups in total. The van der Waals surface area contributed by atoms with E-state index in [0.717, 1.165) is 78.5 Å². The van der Waals surface area contributed by atoms with Crippen LogP contribution in [0, 0.1) is 0 Å². The van der Waals surface area contributed by atoms with Gasteiger partial charge in [-0.25, -0.2) is 4.79 Å². The van der Waals surface area contributed by atoms with E-state index in [0.29, 0.717) is 40.5 Å². The quantitative estimate of drug-likeness (QED) is 0.132. The Hall–Kier alpha value is -4.80. The summed E-state index contributed by atoms with van der Waals surface area (Å²) in [6.45, 7) is 2.58. The van der Waals surface area contributed by atoms with Crippen LogP contribution in [-0.4, -0.2) is 43.0 Å². The standard InChI is InChI=1S/C39H41N3O6S/c1-3-48-38(46)39(21-22-39)40-24-27-7-6-8-29(23-27)34(43)42-36-33(31-9-4-5-10-32(31)49-36)35(44)41-30-19-15-26(16-20-30)12-11-25-13-17-28(18-14-25)37(45)47-2/h6-8,13-20,23,40H,3-5,9-12,21-22,24H2,1-2H3,(H,41,44)(H,42,43). The number of rotatable bonds is 13. The number of carbonyl (C=O) groups excluding carboxylic acids is 4. The lowest BCUT2D eigenvalue weighted by atomic mass is 9.95. The zero-order valence-electron chi connectivity index (χ0n) is 27.9. The molecule has 3 aromatic carbocycles. The van der Waals surface area contributed by atoms with Crippen LogP contribution in [0.25, 0.3) is 0 Å². The van der Waals surface area contributed by atoms with Crippen molar-refractivity contribution < 1.29 is 28.7 Å². The van der Waals surface area contributed by atoms with Crippen LogP contribution in [0.1, 0.15) is 90.8 Å². The molecule has 0 atom stereocenters. The molecule has 1 heterocycles. The predicted octanol–water partition coefficient (Wildman–Crippen LogP) is 6.89. The smallest absolute Gasteiger partial charge is 0.337 e. The monoisotopic (exact) mass is 679 g/mol. The molecule has 2 aliphatic rings. The zero-order chi connectivity index (χ0) is 34.4. The van der Waals surface area contributed by atoms with Crippen molar-refractivity contribution in [3.8, 4) is 0 Å². The highest BCUT2D eigenvalue weighted by atomic mass is 32.1. The van der Waals surface area contributed by atoms with E-state index < -0.39 is 5.54 Å². The minimum atomic E-state index is -0.631. The Labute approximate surface area is 290 Å². The van der Waals surface area contributed by atoms with E-state index >= 15 is 0 Å². The molecule has 49 heavy (non-hydrogen) atoms. The van der Waals surface area contributed by atoms with Crippen LogP contribution in [0.2, 0.25) is 0 Å². The first-order chi connectivity index (χ1) is 23.8. The van der Waals surface area contributed by atoms with Crippen molar-refractivity contribution in [2.24, 2.45) is 0 Å². The Morgan fingerprint density at radius 3 is 2.16 bits per heavy atom.